The summed E-state index contributed by atoms with van der Waals surface area (Å²) in [7, 11) is 0. The number of rotatable bonds is 5. The molecule has 2 aromatic rings. The molecule has 1 atom stereocenters. The van der Waals surface area contributed by atoms with Gasteiger partial charge in [0.15, 0.2) is 6.10 Å². The highest BCUT2D eigenvalue weighted by atomic mass is 16.5. The summed E-state index contributed by atoms with van der Waals surface area (Å²) in [6.45, 7) is 8.13. The van der Waals surface area contributed by atoms with Gasteiger partial charge < -0.3 is 10.1 Å². The second-order valence-electron chi connectivity index (χ2n) is 7.54. The van der Waals surface area contributed by atoms with Crippen LogP contribution in [-0.4, -0.2) is 12.0 Å². The molecule has 0 heterocycles. The fourth-order valence-electron chi connectivity index (χ4n) is 3.67. The van der Waals surface area contributed by atoms with Crippen molar-refractivity contribution in [1.82, 2.24) is 0 Å². The number of hydrogen-bond acceptors (Lipinski definition) is 2. The number of nitrogens with one attached hydrogen (secondary N) is 1. The lowest BCUT2D eigenvalue weighted by Crippen LogP contribution is -2.31. The lowest BCUT2D eigenvalue weighted by atomic mass is 9.91. The quantitative estimate of drug-likeness (QED) is 0.783. The molecular formula is C23H29NO2. The van der Waals surface area contributed by atoms with Crippen LogP contribution < -0.4 is 10.1 Å². The minimum absolute atomic E-state index is 0.102. The summed E-state index contributed by atoms with van der Waals surface area (Å²) in [6, 6.07) is 12.3. The Hall–Kier alpha value is -2.29. The van der Waals surface area contributed by atoms with Gasteiger partial charge in [-0.25, -0.2) is 0 Å². The summed E-state index contributed by atoms with van der Waals surface area (Å²) in [4.78, 5) is 12.8. The van der Waals surface area contributed by atoms with Crippen LogP contribution in [-0.2, 0) is 17.6 Å². The van der Waals surface area contributed by atoms with Crippen LogP contribution in [0, 0.1) is 6.92 Å². The maximum atomic E-state index is 12.8. The van der Waals surface area contributed by atoms with Gasteiger partial charge in [-0.15, -0.1) is 0 Å². The second-order valence-corrected chi connectivity index (χ2v) is 7.54. The molecule has 3 heteroatoms. The van der Waals surface area contributed by atoms with E-state index in [9.17, 15) is 4.79 Å². The summed E-state index contributed by atoms with van der Waals surface area (Å²) in [5, 5.41) is 3.10. The smallest absolute Gasteiger partial charge is 0.265 e. The summed E-state index contributed by atoms with van der Waals surface area (Å²) >= 11 is 0. The summed E-state index contributed by atoms with van der Waals surface area (Å²) in [5.41, 5.74) is 5.79. The van der Waals surface area contributed by atoms with E-state index in [4.69, 9.17) is 4.74 Å². The zero-order chi connectivity index (χ0) is 18.7. The van der Waals surface area contributed by atoms with Crippen molar-refractivity contribution in [2.45, 2.75) is 65.4 Å². The van der Waals surface area contributed by atoms with Crippen LogP contribution in [0.2, 0.25) is 0 Å². The zero-order valence-electron chi connectivity index (χ0n) is 16.3. The molecule has 0 saturated heterocycles. The van der Waals surface area contributed by atoms with Crippen molar-refractivity contribution in [2.75, 3.05) is 5.32 Å². The van der Waals surface area contributed by atoms with Crippen molar-refractivity contribution in [1.29, 1.82) is 0 Å². The molecule has 0 radical (unpaired) electrons. The van der Waals surface area contributed by atoms with Crippen LogP contribution in [0.15, 0.2) is 36.4 Å². The lowest BCUT2D eigenvalue weighted by Gasteiger charge is -2.23. The Morgan fingerprint density at radius 1 is 1.04 bits per heavy atom. The van der Waals surface area contributed by atoms with Crippen molar-refractivity contribution in [2.24, 2.45) is 0 Å². The van der Waals surface area contributed by atoms with E-state index >= 15 is 0 Å². The molecule has 3 nitrogen and oxygen atoms in total. The predicted octanol–water partition coefficient (Wildman–Crippen LogP) is 5.40. The first-order valence-electron chi connectivity index (χ1n) is 9.65. The van der Waals surface area contributed by atoms with Gasteiger partial charge in [0.1, 0.15) is 5.75 Å². The van der Waals surface area contributed by atoms with Crippen molar-refractivity contribution in [3.8, 4) is 5.75 Å². The van der Waals surface area contributed by atoms with E-state index in [1.165, 1.54) is 24.0 Å². The Morgan fingerprint density at radius 2 is 1.77 bits per heavy atom. The summed E-state index contributed by atoms with van der Waals surface area (Å²) in [6.07, 6.45) is 4.03. The number of benzene rings is 2. The Kier molecular flexibility index (Phi) is 5.65. The van der Waals surface area contributed by atoms with Crippen LogP contribution in [0.4, 0.5) is 5.69 Å². The summed E-state index contributed by atoms with van der Waals surface area (Å²) < 4.78 is 6.07. The van der Waals surface area contributed by atoms with Crippen LogP contribution in [0.25, 0.3) is 0 Å². The van der Waals surface area contributed by atoms with E-state index in [1.54, 1.807) is 0 Å². The van der Waals surface area contributed by atoms with Crippen molar-refractivity contribution in [3.63, 3.8) is 0 Å². The number of carbonyl (C=O) groups is 1. The van der Waals surface area contributed by atoms with Gasteiger partial charge in [-0.1, -0.05) is 44.2 Å². The Labute approximate surface area is 156 Å². The van der Waals surface area contributed by atoms with Gasteiger partial charge in [0.25, 0.3) is 5.91 Å². The fourth-order valence-corrected chi connectivity index (χ4v) is 3.67. The Morgan fingerprint density at radius 3 is 2.54 bits per heavy atom. The normalized spacial score (nSPS) is 14.7. The summed E-state index contributed by atoms with van der Waals surface area (Å²) in [5.74, 6) is 1.11. The monoisotopic (exact) mass is 351 g/mol. The fraction of sp³-hybridized carbons (Fsp3) is 0.435. The number of anilines is 1. The predicted molar refractivity (Wildman–Crippen MR) is 107 cm³/mol. The molecule has 2 aromatic carbocycles. The molecule has 138 valence electrons. The van der Waals surface area contributed by atoms with Crippen LogP contribution >= 0.6 is 0 Å². The first-order chi connectivity index (χ1) is 12.5. The van der Waals surface area contributed by atoms with Crippen LogP contribution in [0.1, 0.15) is 61.8 Å². The highest BCUT2D eigenvalue weighted by molar-refractivity contribution is 5.95. The van der Waals surface area contributed by atoms with Gasteiger partial charge in [0.05, 0.1) is 0 Å². The number of fused-ring (bicyclic) bond motifs is 1. The SMILES string of the molecule is Cc1cccc(C(C)C)c1NC(=O)[C@@H](C)Oc1cccc2c1CCCC2. The standard InChI is InChI=1S/C23H29NO2/c1-15(2)19-13-7-9-16(3)22(19)24-23(25)17(4)26-21-14-8-11-18-10-5-6-12-20(18)21/h7-9,11,13-15,17H,5-6,10,12H2,1-4H3,(H,24,25)/t17-/m1/s1. The molecule has 26 heavy (non-hydrogen) atoms. The van der Waals surface area contributed by atoms with E-state index in [-0.39, 0.29) is 5.91 Å². The molecule has 0 unspecified atom stereocenters. The molecule has 0 fully saturated rings. The molecule has 0 aromatic heterocycles. The highest BCUT2D eigenvalue weighted by Crippen LogP contribution is 2.31. The van der Waals surface area contributed by atoms with Gasteiger partial charge >= 0.3 is 0 Å². The van der Waals surface area contributed by atoms with Crippen LogP contribution in [0.5, 0.6) is 5.75 Å². The van der Waals surface area contributed by atoms with Crippen LogP contribution in [0.3, 0.4) is 0 Å². The third-order valence-corrected chi connectivity index (χ3v) is 5.20. The van der Waals surface area contributed by atoms with Crippen molar-refractivity contribution >= 4 is 11.6 Å². The highest BCUT2D eigenvalue weighted by Gasteiger charge is 2.21. The van der Waals surface area contributed by atoms with Gasteiger partial charge in [0.2, 0.25) is 0 Å². The molecule has 0 aliphatic heterocycles. The molecule has 3 rings (SSSR count). The average Bonchev–Trinajstić information content (AvgIpc) is 2.63. The number of carbonyl (C=O) groups excluding carboxylic acids is 1. The third-order valence-electron chi connectivity index (χ3n) is 5.20. The first-order valence-corrected chi connectivity index (χ1v) is 9.65. The first kappa shape index (κ1) is 18.5. The van der Waals surface area contributed by atoms with Gasteiger partial charge in [0, 0.05) is 5.69 Å². The number of para-hydroxylation sites is 1. The average molecular weight is 351 g/mol. The van der Waals surface area contributed by atoms with Crippen molar-refractivity contribution in [3.05, 3.63) is 58.7 Å². The minimum atomic E-state index is -0.539. The topological polar surface area (TPSA) is 38.3 Å². The third kappa shape index (κ3) is 3.92. The van der Waals surface area contributed by atoms with Gasteiger partial charge in [-0.3, -0.25) is 4.79 Å². The molecule has 0 saturated carbocycles. The van der Waals surface area contributed by atoms with E-state index in [0.29, 0.717) is 5.92 Å². The lowest BCUT2D eigenvalue weighted by molar-refractivity contribution is -0.122. The van der Waals surface area contributed by atoms with E-state index < -0.39 is 6.10 Å². The van der Waals surface area contributed by atoms with E-state index in [0.717, 1.165) is 35.4 Å². The van der Waals surface area contributed by atoms with Gasteiger partial charge in [-0.05, 0) is 73.8 Å². The molecule has 0 spiro atoms. The number of hydrogen-bond donors (Lipinski definition) is 1. The molecule has 1 amide bonds. The molecular weight excluding hydrogens is 322 g/mol. The zero-order valence-corrected chi connectivity index (χ0v) is 16.3. The van der Waals surface area contributed by atoms with Gasteiger partial charge in [-0.2, -0.15) is 0 Å². The van der Waals surface area contributed by atoms with E-state index in [1.807, 2.05) is 38.1 Å². The number of aryl methyl sites for hydroxylation is 2. The van der Waals surface area contributed by atoms with Crippen molar-refractivity contribution < 1.29 is 9.53 Å². The molecule has 1 aliphatic rings. The second kappa shape index (κ2) is 7.94. The molecule has 1 aliphatic carbocycles. The maximum absolute atomic E-state index is 12.8. The number of amides is 1. The molecule has 1 N–H and O–H groups in total. The number of ether oxygens (including phenoxy) is 1. The largest absolute Gasteiger partial charge is 0.481 e. The van der Waals surface area contributed by atoms with E-state index in [2.05, 4.69) is 31.3 Å². The maximum Gasteiger partial charge on any atom is 0.265 e. The Balaban J connectivity index is 1.76. The molecule has 0 bridgehead atoms. The Bertz CT molecular complexity index is 795. The minimum Gasteiger partial charge on any atom is -0.481 e.